The van der Waals surface area contributed by atoms with E-state index in [1.54, 1.807) is 23.6 Å². The van der Waals surface area contributed by atoms with Gasteiger partial charge in [-0.15, -0.1) is 11.3 Å². The molecule has 1 N–H and O–H groups in total. The van der Waals surface area contributed by atoms with Crippen molar-refractivity contribution in [3.05, 3.63) is 51.4 Å². The molecule has 0 spiro atoms. The Labute approximate surface area is 142 Å². The first-order chi connectivity index (χ1) is 11.2. The molecular formula is C16H16N4OS2. The van der Waals surface area contributed by atoms with Gasteiger partial charge in [0.2, 0.25) is 0 Å². The van der Waals surface area contributed by atoms with Gasteiger partial charge >= 0.3 is 0 Å². The van der Waals surface area contributed by atoms with Crippen molar-refractivity contribution in [1.82, 2.24) is 19.7 Å². The van der Waals surface area contributed by atoms with E-state index in [0.717, 1.165) is 34.1 Å². The molecule has 0 aliphatic rings. The van der Waals surface area contributed by atoms with Gasteiger partial charge in [0, 0.05) is 29.4 Å². The zero-order valence-electron chi connectivity index (χ0n) is 12.7. The number of carbonyl (C=O) groups excluding carboxylic acids is 1. The van der Waals surface area contributed by atoms with Gasteiger partial charge in [-0.3, -0.25) is 9.78 Å². The second-order valence-corrected chi connectivity index (χ2v) is 6.98. The molecule has 7 heteroatoms. The molecule has 23 heavy (non-hydrogen) atoms. The summed E-state index contributed by atoms with van der Waals surface area (Å²) in [7, 11) is 0. The molecule has 3 rings (SSSR count). The third-order valence-electron chi connectivity index (χ3n) is 3.19. The summed E-state index contributed by atoms with van der Waals surface area (Å²) in [5.74, 6) is -0.109. The zero-order valence-corrected chi connectivity index (χ0v) is 14.3. The minimum Gasteiger partial charge on any atom is -0.351 e. The Kier molecular flexibility index (Phi) is 5.09. The van der Waals surface area contributed by atoms with E-state index >= 15 is 0 Å². The predicted molar refractivity (Wildman–Crippen MR) is 92.9 cm³/mol. The van der Waals surface area contributed by atoms with Crippen LogP contribution in [0.4, 0.5) is 0 Å². The van der Waals surface area contributed by atoms with E-state index in [1.807, 2.05) is 30.5 Å². The maximum Gasteiger partial charge on any atom is 0.270 e. The van der Waals surface area contributed by atoms with E-state index in [2.05, 4.69) is 19.7 Å². The number of nitrogens with zero attached hydrogens (tertiary/aromatic N) is 3. The highest BCUT2D eigenvalue weighted by Crippen LogP contribution is 2.20. The molecule has 3 aromatic heterocycles. The molecular weight excluding hydrogens is 328 g/mol. The van der Waals surface area contributed by atoms with E-state index in [1.165, 1.54) is 11.5 Å². The van der Waals surface area contributed by atoms with Crippen LogP contribution in [0.25, 0.3) is 11.4 Å². The molecule has 0 bridgehead atoms. The third kappa shape index (κ3) is 4.20. The van der Waals surface area contributed by atoms with Crippen molar-refractivity contribution in [3.8, 4) is 11.4 Å². The van der Waals surface area contributed by atoms with Crippen LogP contribution >= 0.6 is 22.9 Å². The number of aryl methyl sites for hydroxylation is 2. The molecule has 1 amide bonds. The average Bonchev–Trinajstić information content (AvgIpc) is 3.21. The highest BCUT2D eigenvalue weighted by atomic mass is 32.1. The number of rotatable bonds is 6. The molecule has 0 saturated heterocycles. The lowest BCUT2D eigenvalue weighted by atomic mass is 10.3. The van der Waals surface area contributed by atoms with Crippen LogP contribution in [0.3, 0.4) is 0 Å². The lowest BCUT2D eigenvalue weighted by molar-refractivity contribution is 0.0949. The molecule has 5 nitrogen and oxygen atoms in total. The van der Waals surface area contributed by atoms with Crippen LogP contribution in [0.15, 0.2) is 35.8 Å². The van der Waals surface area contributed by atoms with Crippen LogP contribution in [-0.2, 0) is 6.42 Å². The van der Waals surface area contributed by atoms with Crippen molar-refractivity contribution in [2.75, 3.05) is 6.54 Å². The van der Waals surface area contributed by atoms with Crippen molar-refractivity contribution >= 4 is 28.8 Å². The van der Waals surface area contributed by atoms with Crippen molar-refractivity contribution in [1.29, 1.82) is 0 Å². The highest BCUT2D eigenvalue weighted by Gasteiger charge is 2.09. The fourth-order valence-electron chi connectivity index (χ4n) is 2.06. The van der Waals surface area contributed by atoms with Crippen molar-refractivity contribution < 1.29 is 4.79 Å². The lowest BCUT2D eigenvalue weighted by Gasteiger charge is -2.01. The monoisotopic (exact) mass is 344 g/mol. The summed E-state index contributed by atoms with van der Waals surface area (Å²) in [5.41, 5.74) is 2.30. The molecule has 3 heterocycles. The number of thiazole rings is 1. The Morgan fingerprint density at radius 1 is 1.30 bits per heavy atom. The van der Waals surface area contributed by atoms with Crippen LogP contribution in [-0.4, -0.2) is 26.8 Å². The number of carbonyl (C=O) groups is 1. The average molecular weight is 344 g/mol. The number of nitrogens with one attached hydrogen (secondary N) is 1. The van der Waals surface area contributed by atoms with E-state index < -0.39 is 0 Å². The summed E-state index contributed by atoms with van der Waals surface area (Å²) >= 11 is 2.97. The fraction of sp³-hybridized carbons (Fsp3) is 0.250. The largest absolute Gasteiger partial charge is 0.351 e. The second kappa shape index (κ2) is 7.43. The molecule has 0 aliphatic heterocycles. The van der Waals surface area contributed by atoms with E-state index in [4.69, 9.17) is 0 Å². The van der Waals surface area contributed by atoms with Gasteiger partial charge in [0.15, 0.2) is 0 Å². The van der Waals surface area contributed by atoms with Gasteiger partial charge in [-0.25, -0.2) is 4.98 Å². The second-order valence-electron chi connectivity index (χ2n) is 5.02. The molecule has 0 aromatic carbocycles. The molecule has 0 aliphatic carbocycles. The number of aromatic nitrogens is 3. The van der Waals surface area contributed by atoms with Crippen LogP contribution in [0.1, 0.15) is 26.8 Å². The minimum absolute atomic E-state index is 0.109. The smallest absolute Gasteiger partial charge is 0.270 e. The summed E-state index contributed by atoms with van der Waals surface area (Å²) in [5, 5.41) is 5.97. The van der Waals surface area contributed by atoms with E-state index in [-0.39, 0.29) is 5.91 Å². The minimum atomic E-state index is -0.109. The summed E-state index contributed by atoms with van der Waals surface area (Å²) < 4.78 is 4.10. The quantitative estimate of drug-likeness (QED) is 0.697. The van der Waals surface area contributed by atoms with Crippen molar-refractivity contribution in [2.45, 2.75) is 19.8 Å². The van der Waals surface area contributed by atoms with Gasteiger partial charge in [-0.2, -0.15) is 4.37 Å². The van der Waals surface area contributed by atoms with Crippen molar-refractivity contribution in [3.63, 3.8) is 0 Å². The Hall–Kier alpha value is -2.12. The SMILES string of the molecule is Cc1cc(C(=O)NCCCc2nc(-c3ccccn3)cs2)ns1. The lowest BCUT2D eigenvalue weighted by Crippen LogP contribution is -2.24. The van der Waals surface area contributed by atoms with Crippen LogP contribution in [0.2, 0.25) is 0 Å². The molecule has 0 fully saturated rings. The highest BCUT2D eigenvalue weighted by molar-refractivity contribution is 7.09. The van der Waals surface area contributed by atoms with Crippen LogP contribution in [0, 0.1) is 6.92 Å². The molecule has 0 radical (unpaired) electrons. The maximum atomic E-state index is 11.9. The molecule has 3 aromatic rings. The predicted octanol–water partition coefficient (Wildman–Crippen LogP) is 3.33. The molecule has 118 valence electrons. The Morgan fingerprint density at radius 2 is 2.22 bits per heavy atom. The number of hydrogen-bond donors (Lipinski definition) is 1. The summed E-state index contributed by atoms with van der Waals surface area (Å²) in [6.07, 6.45) is 3.46. The first-order valence-electron chi connectivity index (χ1n) is 7.30. The summed E-state index contributed by atoms with van der Waals surface area (Å²) in [6.45, 7) is 2.56. The first-order valence-corrected chi connectivity index (χ1v) is 8.95. The maximum absolute atomic E-state index is 11.9. The standard InChI is InChI=1S/C16H16N4OS2/c1-11-9-13(20-23-11)16(21)18-8-4-6-15-19-14(10-22-15)12-5-2-3-7-17-12/h2-3,5,7,9-10H,4,6,8H2,1H3,(H,18,21). The van der Waals surface area contributed by atoms with Gasteiger partial charge in [0.1, 0.15) is 5.69 Å². The number of amides is 1. The molecule has 0 atom stereocenters. The zero-order chi connectivity index (χ0) is 16.1. The Bertz CT molecular complexity index is 782. The number of hydrogen-bond acceptors (Lipinski definition) is 6. The molecule has 0 unspecified atom stereocenters. The van der Waals surface area contributed by atoms with Crippen LogP contribution in [0.5, 0.6) is 0 Å². The topological polar surface area (TPSA) is 67.8 Å². The van der Waals surface area contributed by atoms with Crippen LogP contribution < -0.4 is 5.32 Å². The summed E-state index contributed by atoms with van der Waals surface area (Å²) in [4.78, 5) is 21.8. The number of pyridine rings is 1. The van der Waals surface area contributed by atoms with E-state index in [0.29, 0.717) is 12.2 Å². The normalized spacial score (nSPS) is 10.7. The van der Waals surface area contributed by atoms with Gasteiger partial charge in [0.05, 0.1) is 16.4 Å². The van der Waals surface area contributed by atoms with E-state index in [9.17, 15) is 4.79 Å². The van der Waals surface area contributed by atoms with Gasteiger partial charge in [-0.05, 0) is 43.1 Å². The third-order valence-corrected chi connectivity index (χ3v) is 4.80. The van der Waals surface area contributed by atoms with Gasteiger partial charge in [0.25, 0.3) is 5.91 Å². The van der Waals surface area contributed by atoms with Gasteiger partial charge < -0.3 is 5.32 Å². The summed E-state index contributed by atoms with van der Waals surface area (Å²) in [6, 6.07) is 7.61. The fourth-order valence-corrected chi connectivity index (χ4v) is 3.44. The first kappa shape index (κ1) is 15.8. The Balaban J connectivity index is 1.46. The van der Waals surface area contributed by atoms with Gasteiger partial charge in [-0.1, -0.05) is 6.07 Å². The Morgan fingerprint density at radius 3 is 2.96 bits per heavy atom. The van der Waals surface area contributed by atoms with Crippen molar-refractivity contribution in [2.24, 2.45) is 0 Å². The molecule has 0 saturated carbocycles.